The minimum atomic E-state index is -0.149. The van der Waals surface area contributed by atoms with Crippen LogP contribution in [0.3, 0.4) is 0 Å². The van der Waals surface area contributed by atoms with Crippen LogP contribution in [0.15, 0.2) is 22.7 Å². The Morgan fingerprint density at radius 1 is 1.33 bits per heavy atom. The van der Waals surface area contributed by atoms with Gasteiger partial charge in [-0.2, -0.15) is 0 Å². The van der Waals surface area contributed by atoms with Gasteiger partial charge in [-0.1, -0.05) is 40.7 Å². The van der Waals surface area contributed by atoms with E-state index < -0.39 is 0 Å². The molecular weight excluding hydrogens is 331 g/mol. The average molecular weight is 357 g/mol. The second-order valence-corrected chi connectivity index (χ2v) is 8.22. The van der Waals surface area contributed by atoms with Crippen LogP contribution in [-0.4, -0.2) is 25.2 Å². The summed E-state index contributed by atoms with van der Waals surface area (Å²) in [5.41, 5.74) is 0.852. The third-order valence-electron chi connectivity index (χ3n) is 4.39. The van der Waals surface area contributed by atoms with Gasteiger partial charge in [0.1, 0.15) is 5.82 Å². The summed E-state index contributed by atoms with van der Waals surface area (Å²) in [5, 5.41) is 3.65. The number of rotatable bonds is 2. The highest BCUT2D eigenvalue weighted by Gasteiger charge is 2.36. The standard InChI is InChI=1S/C17H26BrFN2/c1-11(2)14-9-20-15(17(3,4)5)10-21(14)16-12(18)7-6-8-13(16)19/h6-8,11,14-15,20H,9-10H2,1-5H3. The highest BCUT2D eigenvalue weighted by molar-refractivity contribution is 9.10. The molecule has 1 aromatic rings. The van der Waals surface area contributed by atoms with E-state index in [-0.39, 0.29) is 11.2 Å². The van der Waals surface area contributed by atoms with Crippen molar-refractivity contribution < 1.29 is 4.39 Å². The summed E-state index contributed by atoms with van der Waals surface area (Å²) in [6.45, 7) is 12.8. The van der Waals surface area contributed by atoms with Crippen molar-refractivity contribution in [2.45, 2.75) is 46.7 Å². The molecule has 2 rings (SSSR count). The largest absolute Gasteiger partial charge is 0.362 e. The fraction of sp³-hybridized carbons (Fsp3) is 0.647. The van der Waals surface area contributed by atoms with Crippen LogP contribution in [-0.2, 0) is 0 Å². The van der Waals surface area contributed by atoms with Gasteiger partial charge < -0.3 is 10.2 Å². The van der Waals surface area contributed by atoms with Gasteiger partial charge in [-0.25, -0.2) is 4.39 Å². The zero-order valence-electron chi connectivity index (χ0n) is 13.6. The van der Waals surface area contributed by atoms with Gasteiger partial charge in [0.2, 0.25) is 0 Å². The summed E-state index contributed by atoms with van der Waals surface area (Å²) < 4.78 is 15.2. The molecule has 1 aliphatic rings. The van der Waals surface area contributed by atoms with Crippen LogP contribution >= 0.6 is 15.9 Å². The highest BCUT2D eigenvalue weighted by atomic mass is 79.9. The van der Waals surface area contributed by atoms with E-state index in [0.717, 1.165) is 17.6 Å². The lowest BCUT2D eigenvalue weighted by Gasteiger charge is -2.48. The first-order valence-electron chi connectivity index (χ1n) is 7.66. The van der Waals surface area contributed by atoms with E-state index in [1.807, 2.05) is 6.07 Å². The predicted octanol–water partition coefficient (Wildman–Crippen LogP) is 4.44. The van der Waals surface area contributed by atoms with Gasteiger partial charge in [-0.15, -0.1) is 0 Å². The summed E-state index contributed by atoms with van der Waals surface area (Å²) in [4.78, 5) is 2.25. The summed E-state index contributed by atoms with van der Waals surface area (Å²) >= 11 is 3.53. The lowest BCUT2D eigenvalue weighted by molar-refractivity contribution is 0.220. The molecule has 1 aromatic carbocycles. The summed E-state index contributed by atoms with van der Waals surface area (Å²) in [6.07, 6.45) is 0. The zero-order valence-corrected chi connectivity index (χ0v) is 15.2. The number of anilines is 1. The third-order valence-corrected chi connectivity index (χ3v) is 5.03. The number of nitrogens with one attached hydrogen (secondary N) is 1. The number of piperazine rings is 1. The smallest absolute Gasteiger partial charge is 0.147 e. The Labute approximate surface area is 136 Å². The minimum absolute atomic E-state index is 0.149. The van der Waals surface area contributed by atoms with E-state index in [1.54, 1.807) is 12.1 Å². The average Bonchev–Trinajstić information content (AvgIpc) is 2.37. The molecule has 1 fully saturated rings. The SMILES string of the molecule is CC(C)C1CNC(C(C)(C)C)CN1c1c(F)cccc1Br. The van der Waals surface area contributed by atoms with Crippen molar-refractivity contribution in [3.05, 3.63) is 28.5 Å². The van der Waals surface area contributed by atoms with Gasteiger partial charge >= 0.3 is 0 Å². The van der Waals surface area contributed by atoms with Crippen molar-refractivity contribution in [2.75, 3.05) is 18.0 Å². The van der Waals surface area contributed by atoms with Gasteiger partial charge in [-0.3, -0.25) is 0 Å². The number of hydrogen-bond donors (Lipinski definition) is 1. The maximum atomic E-state index is 14.4. The monoisotopic (exact) mass is 356 g/mol. The second kappa shape index (κ2) is 6.25. The van der Waals surface area contributed by atoms with Gasteiger partial charge in [0, 0.05) is 29.6 Å². The highest BCUT2D eigenvalue weighted by Crippen LogP contribution is 2.35. The molecule has 0 spiro atoms. The first-order chi connectivity index (χ1) is 9.71. The van der Waals surface area contributed by atoms with Crippen molar-refractivity contribution in [3.8, 4) is 0 Å². The molecule has 118 valence electrons. The molecule has 0 amide bonds. The van der Waals surface area contributed by atoms with Gasteiger partial charge in [0.15, 0.2) is 0 Å². The molecule has 1 heterocycles. The van der Waals surface area contributed by atoms with Crippen LogP contribution in [0.5, 0.6) is 0 Å². The van der Waals surface area contributed by atoms with Crippen LogP contribution < -0.4 is 10.2 Å². The zero-order chi connectivity index (χ0) is 15.8. The maximum Gasteiger partial charge on any atom is 0.147 e. The molecule has 0 saturated carbocycles. The van der Waals surface area contributed by atoms with Gasteiger partial charge in [0.25, 0.3) is 0 Å². The van der Waals surface area contributed by atoms with Crippen molar-refractivity contribution in [1.29, 1.82) is 0 Å². The first kappa shape index (κ1) is 16.8. The Balaban J connectivity index is 2.39. The van der Waals surface area contributed by atoms with E-state index in [4.69, 9.17) is 0 Å². The van der Waals surface area contributed by atoms with E-state index in [9.17, 15) is 4.39 Å². The normalized spacial score (nSPS) is 23.7. The number of benzene rings is 1. The Morgan fingerprint density at radius 3 is 2.52 bits per heavy atom. The summed E-state index contributed by atoms with van der Waals surface area (Å²) in [6, 6.07) is 5.86. The molecular formula is C17H26BrFN2. The Hall–Kier alpha value is -0.610. The Kier molecular flexibility index (Phi) is 4.99. The lowest BCUT2D eigenvalue weighted by Crippen LogP contribution is -2.62. The molecule has 0 aliphatic carbocycles. The predicted molar refractivity (Wildman–Crippen MR) is 91.3 cm³/mol. The molecule has 1 saturated heterocycles. The summed E-state index contributed by atoms with van der Waals surface area (Å²) in [5.74, 6) is 0.314. The van der Waals surface area contributed by atoms with E-state index in [0.29, 0.717) is 23.7 Å². The minimum Gasteiger partial charge on any atom is -0.362 e. The topological polar surface area (TPSA) is 15.3 Å². The van der Waals surface area contributed by atoms with Crippen LogP contribution in [0.25, 0.3) is 0 Å². The van der Waals surface area contributed by atoms with Gasteiger partial charge in [0.05, 0.1) is 5.69 Å². The fourth-order valence-corrected chi connectivity index (χ4v) is 3.54. The van der Waals surface area contributed by atoms with E-state index in [1.165, 1.54) is 0 Å². The van der Waals surface area contributed by atoms with Crippen molar-refractivity contribution in [3.63, 3.8) is 0 Å². The van der Waals surface area contributed by atoms with Gasteiger partial charge in [-0.05, 0) is 39.4 Å². The van der Waals surface area contributed by atoms with Crippen molar-refractivity contribution in [1.82, 2.24) is 5.32 Å². The first-order valence-corrected chi connectivity index (χ1v) is 8.45. The summed E-state index contributed by atoms with van der Waals surface area (Å²) in [7, 11) is 0. The molecule has 4 heteroatoms. The molecule has 0 radical (unpaired) electrons. The van der Waals surface area contributed by atoms with Crippen LogP contribution in [0.1, 0.15) is 34.6 Å². The number of nitrogens with zero attached hydrogens (tertiary/aromatic N) is 1. The van der Waals surface area contributed by atoms with Crippen LogP contribution in [0, 0.1) is 17.2 Å². The van der Waals surface area contributed by atoms with Crippen LogP contribution in [0.4, 0.5) is 10.1 Å². The molecule has 0 aromatic heterocycles. The molecule has 2 atom stereocenters. The molecule has 2 nitrogen and oxygen atoms in total. The van der Waals surface area contributed by atoms with E-state index in [2.05, 4.69) is 60.8 Å². The van der Waals surface area contributed by atoms with Crippen LogP contribution in [0.2, 0.25) is 0 Å². The fourth-order valence-electron chi connectivity index (χ4n) is 2.97. The van der Waals surface area contributed by atoms with Crippen molar-refractivity contribution in [2.24, 2.45) is 11.3 Å². The molecule has 0 bridgehead atoms. The lowest BCUT2D eigenvalue weighted by atomic mass is 9.83. The number of hydrogen-bond acceptors (Lipinski definition) is 2. The number of para-hydroxylation sites is 1. The van der Waals surface area contributed by atoms with Crippen molar-refractivity contribution >= 4 is 21.6 Å². The molecule has 1 N–H and O–H groups in total. The number of halogens is 2. The van der Waals surface area contributed by atoms with E-state index >= 15 is 0 Å². The molecule has 2 unspecified atom stereocenters. The second-order valence-electron chi connectivity index (χ2n) is 7.36. The Morgan fingerprint density at radius 2 is 2.00 bits per heavy atom. The third kappa shape index (κ3) is 3.59. The molecule has 1 aliphatic heterocycles. The quantitative estimate of drug-likeness (QED) is 0.842. The maximum absolute atomic E-state index is 14.4. The Bertz CT molecular complexity index is 476. The molecule has 21 heavy (non-hydrogen) atoms.